The van der Waals surface area contributed by atoms with Gasteiger partial charge in [-0.2, -0.15) is 35.5 Å². The summed E-state index contributed by atoms with van der Waals surface area (Å²) in [4.78, 5) is 15.7. The first-order chi connectivity index (χ1) is 22.4. The number of fused-ring (bicyclic) bond motifs is 1. The third-order valence-electron chi connectivity index (χ3n) is 8.57. The molecule has 1 fully saturated rings. The summed E-state index contributed by atoms with van der Waals surface area (Å²) in [7, 11) is 1.49. The third kappa shape index (κ3) is 7.86. The Morgan fingerprint density at radius 2 is 1.58 bits per heavy atom. The summed E-state index contributed by atoms with van der Waals surface area (Å²) in [6.45, 7) is 3.82. The van der Waals surface area contributed by atoms with E-state index in [2.05, 4.69) is 24.9 Å². The van der Waals surface area contributed by atoms with E-state index in [1.54, 1.807) is 6.07 Å². The van der Waals surface area contributed by atoms with Gasteiger partial charge in [-0.15, -0.1) is 5.10 Å². The molecule has 1 N–H and O–H groups in total. The lowest BCUT2D eigenvalue weighted by atomic mass is 9.80. The molecule has 48 heavy (non-hydrogen) atoms. The molecule has 5 rings (SSSR count). The number of nitrogens with zero attached hydrogens (tertiary/aromatic N) is 6. The lowest BCUT2D eigenvalue weighted by molar-refractivity contribution is -0.391. The minimum absolute atomic E-state index is 0.0186. The number of anilines is 2. The van der Waals surface area contributed by atoms with Crippen LogP contribution in [0, 0.1) is 18.8 Å². The highest BCUT2D eigenvalue weighted by molar-refractivity contribution is 5.67. The van der Waals surface area contributed by atoms with Crippen molar-refractivity contribution in [2.75, 3.05) is 22.9 Å². The molecule has 3 aromatic rings. The van der Waals surface area contributed by atoms with E-state index in [0.29, 0.717) is 42.7 Å². The first-order valence-electron chi connectivity index (χ1n) is 15.4. The average Bonchev–Trinajstić information content (AvgIpc) is 3.42. The van der Waals surface area contributed by atoms with E-state index in [0.717, 1.165) is 35.8 Å². The minimum atomic E-state index is -4.97. The van der Waals surface area contributed by atoms with Gasteiger partial charge in [-0.3, -0.25) is 4.79 Å². The second kappa shape index (κ2) is 13.3. The van der Waals surface area contributed by atoms with E-state index < -0.39 is 41.4 Å². The van der Waals surface area contributed by atoms with Crippen LogP contribution in [0.25, 0.3) is 0 Å². The predicted molar refractivity (Wildman–Crippen MR) is 158 cm³/mol. The van der Waals surface area contributed by atoms with Crippen LogP contribution in [0.2, 0.25) is 0 Å². The standard InChI is InChI=1S/C31H35F7N6O4/c1-4-43(15-20-7-5-19(6-8-20)12-27(45)46)24-14-26-25(47-30(35,36)31(37,38)48-26)13-22(24)17-44(28-39-41-42(3)40-28)16-21-9-18(2)10-23(11-21)29(32,33)34/h9-11,13-14,19-20H,4-8,12,15-17H2,1-3H3,(H,45,46). The highest BCUT2D eigenvalue weighted by Crippen LogP contribution is 2.49. The van der Waals surface area contributed by atoms with Crippen molar-refractivity contribution in [1.29, 1.82) is 0 Å². The average molecular weight is 689 g/mol. The van der Waals surface area contributed by atoms with Crippen LogP contribution < -0.4 is 19.3 Å². The van der Waals surface area contributed by atoms with Crippen molar-refractivity contribution in [3.05, 3.63) is 52.6 Å². The number of rotatable bonds is 11. The number of benzene rings is 2. The van der Waals surface area contributed by atoms with Crippen LogP contribution in [0.4, 0.5) is 42.4 Å². The number of ether oxygens (including phenoxy) is 2. The molecule has 0 bridgehead atoms. The second-order valence-electron chi connectivity index (χ2n) is 12.3. The summed E-state index contributed by atoms with van der Waals surface area (Å²) in [5.74, 6) is -1.92. The van der Waals surface area contributed by atoms with E-state index in [1.165, 1.54) is 24.9 Å². The van der Waals surface area contributed by atoms with Crippen molar-refractivity contribution >= 4 is 17.6 Å². The largest absolute Gasteiger partial charge is 0.507 e. The Morgan fingerprint density at radius 3 is 2.15 bits per heavy atom. The number of carboxylic acids is 1. The van der Waals surface area contributed by atoms with E-state index >= 15 is 0 Å². The number of aliphatic carboxylic acids is 1. The zero-order chi connectivity index (χ0) is 35.0. The van der Waals surface area contributed by atoms with Crippen LogP contribution in [-0.4, -0.2) is 56.6 Å². The first kappa shape index (κ1) is 35.0. The molecule has 2 aromatic carbocycles. The van der Waals surface area contributed by atoms with Gasteiger partial charge < -0.3 is 24.4 Å². The molecule has 1 aliphatic carbocycles. The Kier molecular flexibility index (Phi) is 9.70. The van der Waals surface area contributed by atoms with Crippen LogP contribution >= 0.6 is 0 Å². The molecule has 0 amide bonds. The molecule has 0 atom stereocenters. The monoisotopic (exact) mass is 688 g/mol. The fourth-order valence-electron chi connectivity index (χ4n) is 6.28. The number of alkyl halides is 7. The van der Waals surface area contributed by atoms with Gasteiger partial charge >= 0.3 is 24.4 Å². The molecule has 0 spiro atoms. The summed E-state index contributed by atoms with van der Waals surface area (Å²) in [5, 5.41) is 21.2. The summed E-state index contributed by atoms with van der Waals surface area (Å²) in [6.07, 6.45) is -11.6. The van der Waals surface area contributed by atoms with Gasteiger partial charge in [-0.05, 0) is 85.9 Å². The van der Waals surface area contributed by atoms with Gasteiger partial charge in [0.2, 0.25) is 0 Å². The Bertz CT molecular complexity index is 1630. The van der Waals surface area contributed by atoms with Gasteiger partial charge in [0.25, 0.3) is 5.95 Å². The van der Waals surface area contributed by atoms with Crippen molar-refractivity contribution in [2.24, 2.45) is 18.9 Å². The van der Waals surface area contributed by atoms with Crippen molar-refractivity contribution < 1.29 is 50.1 Å². The molecule has 0 saturated heterocycles. The SMILES string of the molecule is CCN(CC1CCC(CC(=O)O)CC1)c1cc2c(cc1CN(Cc1cc(C)cc(C(F)(F)F)c1)c1nnn(C)n1)OC(F)(F)C(F)(F)O2. The Hall–Kier alpha value is -4.31. The van der Waals surface area contributed by atoms with Crippen LogP contribution in [0.15, 0.2) is 30.3 Å². The lowest BCUT2D eigenvalue weighted by Gasteiger charge is -2.36. The summed E-state index contributed by atoms with van der Waals surface area (Å²) < 4.78 is 107. The van der Waals surface area contributed by atoms with E-state index in [-0.39, 0.29) is 42.9 Å². The molecule has 0 radical (unpaired) electrons. The van der Waals surface area contributed by atoms with Gasteiger partial charge in [-0.25, -0.2) is 0 Å². The smallest absolute Gasteiger partial charge is 0.481 e. The fraction of sp³-hybridized carbons (Fsp3) is 0.548. The van der Waals surface area contributed by atoms with Crippen LogP contribution in [-0.2, 0) is 31.1 Å². The van der Waals surface area contributed by atoms with Gasteiger partial charge in [0.1, 0.15) is 0 Å². The topological polar surface area (TPSA) is 106 Å². The Morgan fingerprint density at radius 1 is 0.958 bits per heavy atom. The summed E-state index contributed by atoms with van der Waals surface area (Å²) in [6, 6.07) is 5.91. The third-order valence-corrected chi connectivity index (χ3v) is 8.57. The van der Waals surface area contributed by atoms with Gasteiger partial charge in [0, 0.05) is 44.4 Å². The number of carbonyl (C=O) groups is 1. The quantitative estimate of drug-likeness (QED) is 0.218. The number of carboxylic acid groups (broad SMARTS) is 1. The Balaban J connectivity index is 1.52. The molecule has 262 valence electrons. The number of aromatic nitrogens is 4. The zero-order valence-corrected chi connectivity index (χ0v) is 26.4. The number of hydrogen-bond acceptors (Lipinski definition) is 8. The van der Waals surface area contributed by atoms with Crippen molar-refractivity contribution in [3.63, 3.8) is 0 Å². The van der Waals surface area contributed by atoms with E-state index in [1.807, 2.05) is 11.8 Å². The number of aryl methyl sites for hydroxylation is 2. The molecule has 10 nitrogen and oxygen atoms in total. The number of halogens is 7. The highest BCUT2D eigenvalue weighted by Gasteiger charge is 2.66. The second-order valence-corrected chi connectivity index (χ2v) is 12.3. The normalized spacial score (nSPS) is 20.0. The Labute approximate surface area is 271 Å². The molecule has 1 saturated carbocycles. The lowest BCUT2D eigenvalue weighted by Crippen LogP contribution is -2.52. The molecule has 1 aliphatic heterocycles. The van der Waals surface area contributed by atoms with E-state index in [4.69, 9.17) is 0 Å². The predicted octanol–water partition coefficient (Wildman–Crippen LogP) is 6.81. The zero-order valence-electron chi connectivity index (χ0n) is 26.4. The van der Waals surface area contributed by atoms with Crippen LogP contribution in [0.1, 0.15) is 61.3 Å². The summed E-state index contributed by atoms with van der Waals surface area (Å²) >= 11 is 0. The molecule has 17 heteroatoms. The molecule has 0 unspecified atom stereocenters. The molecule has 2 aliphatic rings. The van der Waals surface area contributed by atoms with Gasteiger partial charge in [-0.1, -0.05) is 16.7 Å². The maximum Gasteiger partial charge on any atom is 0.507 e. The number of hydrogen-bond donors (Lipinski definition) is 1. The molecule has 1 aromatic heterocycles. The maximum absolute atomic E-state index is 14.2. The van der Waals surface area contributed by atoms with Gasteiger partial charge in [0.05, 0.1) is 12.6 Å². The maximum atomic E-state index is 14.2. The highest BCUT2D eigenvalue weighted by atomic mass is 19.4. The fourth-order valence-corrected chi connectivity index (χ4v) is 6.28. The van der Waals surface area contributed by atoms with Crippen molar-refractivity contribution in [3.8, 4) is 11.5 Å². The summed E-state index contributed by atoms with van der Waals surface area (Å²) in [5.41, 5.74) is 0.400. The van der Waals surface area contributed by atoms with Crippen LogP contribution in [0.5, 0.6) is 11.5 Å². The van der Waals surface area contributed by atoms with E-state index in [9.17, 15) is 40.6 Å². The minimum Gasteiger partial charge on any atom is -0.481 e. The van der Waals surface area contributed by atoms with Crippen molar-refractivity contribution in [2.45, 2.75) is 77.4 Å². The molecular formula is C31H35F7N6O4. The van der Waals surface area contributed by atoms with Crippen LogP contribution in [0.3, 0.4) is 0 Å². The first-order valence-corrected chi connectivity index (χ1v) is 15.4. The number of tetrazole rings is 1. The molecule has 2 heterocycles. The van der Waals surface area contributed by atoms with Gasteiger partial charge in [0.15, 0.2) is 11.5 Å². The van der Waals surface area contributed by atoms with Crippen molar-refractivity contribution in [1.82, 2.24) is 20.2 Å². The molecular weight excluding hydrogens is 653 g/mol.